The van der Waals surface area contributed by atoms with Crippen LogP contribution in [0.5, 0.6) is 0 Å². The van der Waals surface area contributed by atoms with Gasteiger partial charge in [0.05, 0.1) is 17.8 Å². The van der Waals surface area contributed by atoms with Gasteiger partial charge >= 0.3 is 0 Å². The molecule has 1 aromatic rings. The Kier molecular flexibility index (Phi) is 5.41. The quantitative estimate of drug-likeness (QED) is 0.855. The van der Waals surface area contributed by atoms with Gasteiger partial charge in [0.2, 0.25) is 0 Å². The summed E-state index contributed by atoms with van der Waals surface area (Å²) in [6.07, 6.45) is 1.94. The molecule has 1 aromatic heterocycles. The van der Waals surface area contributed by atoms with Crippen molar-refractivity contribution in [2.75, 3.05) is 31.1 Å². The highest BCUT2D eigenvalue weighted by Gasteiger charge is 2.24. The molecule has 1 saturated heterocycles. The minimum absolute atomic E-state index is 0.0109. The molecule has 0 aliphatic carbocycles. The van der Waals surface area contributed by atoms with Crippen molar-refractivity contribution in [1.29, 1.82) is 5.26 Å². The molecule has 108 valence electrons. The van der Waals surface area contributed by atoms with Gasteiger partial charge in [-0.25, -0.2) is 0 Å². The molecule has 7 heteroatoms. The van der Waals surface area contributed by atoms with E-state index in [0.717, 1.165) is 44.7 Å². The van der Waals surface area contributed by atoms with E-state index in [4.69, 9.17) is 23.2 Å². The predicted molar refractivity (Wildman–Crippen MR) is 80.1 cm³/mol. The van der Waals surface area contributed by atoms with Crippen LogP contribution < -0.4 is 4.90 Å². The maximum absolute atomic E-state index is 9.21. The SMILES string of the molecule is CCCC(C#N)N1CCN(c2cc(Cl)nnc2Cl)CC1. The molecule has 0 bridgehead atoms. The number of anilines is 1. The summed E-state index contributed by atoms with van der Waals surface area (Å²) >= 11 is 11.9. The molecule has 0 saturated carbocycles. The Bertz CT molecular complexity index is 494. The maximum atomic E-state index is 9.21. The Labute approximate surface area is 129 Å². The van der Waals surface area contributed by atoms with Gasteiger partial charge in [0, 0.05) is 32.2 Å². The van der Waals surface area contributed by atoms with Gasteiger partial charge in [0.25, 0.3) is 0 Å². The van der Waals surface area contributed by atoms with E-state index >= 15 is 0 Å². The molecule has 1 atom stereocenters. The van der Waals surface area contributed by atoms with Crippen molar-refractivity contribution in [3.05, 3.63) is 16.4 Å². The summed E-state index contributed by atoms with van der Waals surface area (Å²) in [5.41, 5.74) is 0.815. The van der Waals surface area contributed by atoms with E-state index in [2.05, 4.69) is 33.0 Å². The smallest absolute Gasteiger partial charge is 0.175 e. The van der Waals surface area contributed by atoms with Crippen LogP contribution >= 0.6 is 23.2 Å². The summed E-state index contributed by atoms with van der Waals surface area (Å²) in [5.74, 6) is 0. The Morgan fingerprint density at radius 1 is 1.30 bits per heavy atom. The molecule has 0 amide bonds. The highest BCUT2D eigenvalue weighted by Crippen LogP contribution is 2.26. The first-order valence-electron chi connectivity index (χ1n) is 6.73. The van der Waals surface area contributed by atoms with Gasteiger partial charge in [0.1, 0.15) is 0 Å². The highest BCUT2D eigenvalue weighted by atomic mass is 35.5. The summed E-state index contributed by atoms with van der Waals surface area (Å²) < 4.78 is 0. The molecule has 0 radical (unpaired) electrons. The van der Waals surface area contributed by atoms with Crippen molar-refractivity contribution >= 4 is 28.9 Å². The summed E-state index contributed by atoms with van der Waals surface area (Å²) in [4.78, 5) is 4.36. The van der Waals surface area contributed by atoms with Gasteiger partial charge in [-0.15, -0.1) is 10.2 Å². The second kappa shape index (κ2) is 7.07. The average Bonchev–Trinajstić information content (AvgIpc) is 2.47. The van der Waals surface area contributed by atoms with E-state index < -0.39 is 0 Å². The highest BCUT2D eigenvalue weighted by molar-refractivity contribution is 6.33. The number of nitrogens with zero attached hydrogens (tertiary/aromatic N) is 5. The zero-order chi connectivity index (χ0) is 14.5. The van der Waals surface area contributed by atoms with Crippen LogP contribution in [0.1, 0.15) is 19.8 Å². The second-order valence-electron chi connectivity index (χ2n) is 4.80. The lowest BCUT2D eigenvalue weighted by atomic mass is 10.1. The lowest BCUT2D eigenvalue weighted by molar-refractivity contribution is 0.211. The number of halogens is 2. The summed E-state index contributed by atoms with van der Waals surface area (Å²) in [6.45, 7) is 5.40. The Morgan fingerprint density at radius 2 is 2.00 bits per heavy atom. The zero-order valence-corrected chi connectivity index (χ0v) is 12.9. The van der Waals surface area contributed by atoms with Crippen LogP contribution in [-0.2, 0) is 0 Å². The predicted octanol–water partition coefficient (Wildman–Crippen LogP) is 2.60. The molecule has 1 fully saturated rings. The molecule has 0 N–H and O–H groups in total. The van der Waals surface area contributed by atoms with Crippen molar-refractivity contribution in [2.45, 2.75) is 25.8 Å². The van der Waals surface area contributed by atoms with Crippen LogP contribution in [0.3, 0.4) is 0 Å². The molecule has 20 heavy (non-hydrogen) atoms. The molecular weight excluding hydrogens is 297 g/mol. The van der Waals surface area contributed by atoms with Crippen LogP contribution in [0.4, 0.5) is 5.69 Å². The van der Waals surface area contributed by atoms with Gasteiger partial charge in [-0.2, -0.15) is 5.26 Å². The Hall–Kier alpha value is -1.09. The fourth-order valence-corrected chi connectivity index (χ4v) is 2.80. The van der Waals surface area contributed by atoms with E-state index in [1.807, 2.05) is 0 Å². The zero-order valence-electron chi connectivity index (χ0n) is 11.4. The minimum atomic E-state index is 0.0109. The lowest BCUT2D eigenvalue weighted by Gasteiger charge is -2.38. The maximum Gasteiger partial charge on any atom is 0.175 e. The fraction of sp³-hybridized carbons (Fsp3) is 0.615. The number of hydrogen-bond acceptors (Lipinski definition) is 5. The van der Waals surface area contributed by atoms with Crippen molar-refractivity contribution in [3.8, 4) is 6.07 Å². The molecule has 0 spiro atoms. The third-order valence-electron chi connectivity index (χ3n) is 3.51. The lowest BCUT2D eigenvalue weighted by Crippen LogP contribution is -2.50. The van der Waals surface area contributed by atoms with Gasteiger partial charge in [-0.3, -0.25) is 4.90 Å². The van der Waals surface area contributed by atoms with Gasteiger partial charge < -0.3 is 4.90 Å². The summed E-state index contributed by atoms with van der Waals surface area (Å²) in [6, 6.07) is 4.13. The van der Waals surface area contributed by atoms with E-state index in [0.29, 0.717) is 10.3 Å². The number of nitriles is 1. The third kappa shape index (κ3) is 3.51. The average molecular weight is 314 g/mol. The molecular formula is C13H17Cl2N5. The summed E-state index contributed by atoms with van der Waals surface area (Å²) in [7, 11) is 0. The first-order valence-corrected chi connectivity index (χ1v) is 7.48. The molecule has 2 rings (SSSR count). The molecule has 0 aromatic carbocycles. The molecule has 2 heterocycles. The number of aromatic nitrogens is 2. The first-order chi connectivity index (χ1) is 9.65. The number of rotatable bonds is 4. The molecule has 1 aliphatic rings. The normalized spacial score (nSPS) is 17.8. The number of hydrogen-bond donors (Lipinski definition) is 0. The minimum Gasteiger partial charge on any atom is -0.366 e. The Balaban J connectivity index is 2.01. The van der Waals surface area contributed by atoms with Gasteiger partial charge in [0.15, 0.2) is 10.3 Å². The van der Waals surface area contributed by atoms with Crippen LogP contribution in [0.15, 0.2) is 6.07 Å². The van der Waals surface area contributed by atoms with Gasteiger partial charge in [-0.1, -0.05) is 36.5 Å². The van der Waals surface area contributed by atoms with Crippen LogP contribution in [0.2, 0.25) is 10.3 Å². The second-order valence-corrected chi connectivity index (χ2v) is 5.54. The van der Waals surface area contributed by atoms with Gasteiger partial charge in [-0.05, 0) is 6.42 Å². The van der Waals surface area contributed by atoms with E-state index in [9.17, 15) is 5.26 Å². The first kappa shape index (κ1) is 15.3. The molecule has 1 unspecified atom stereocenters. The van der Waals surface area contributed by atoms with Crippen molar-refractivity contribution < 1.29 is 0 Å². The van der Waals surface area contributed by atoms with Crippen molar-refractivity contribution in [2.24, 2.45) is 0 Å². The monoisotopic (exact) mass is 313 g/mol. The van der Waals surface area contributed by atoms with E-state index in [-0.39, 0.29) is 6.04 Å². The van der Waals surface area contributed by atoms with E-state index in [1.54, 1.807) is 6.07 Å². The van der Waals surface area contributed by atoms with E-state index in [1.165, 1.54) is 0 Å². The van der Waals surface area contributed by atoms with Crippen molar-refractivity contribution in [1.82, 2.24) is 15.1 Å². The topological polar surface area (TPSA) is 56.1 Å². The molecule has 5 nitrogen and oxygen atoms in total. The summed E-state index contributed by atoms with van der Waals surface area (Å²) in [5, 5.41) is 17.5. The fourth-order valence-electron chi connectivity index (χ4n) is 2.44. The van der Waals surface area contributed by atoms with Crippen LogP contribution in [-0.4, -0.2) is 47.3 Å². The number of piperazine rings is 1. The Morgan fingerprint density at radius 3 is 2.60 bits per heavy atom. The largest absolute Gasteiger partial charge is 0.366 e. The molecule has 1 aliphatic heterocycles. The van der Waals surface area contributed by atoms with Crippen molar-refractivity contribution in [3.63, 3.8) is 0 Å². The van der Waals surface area contributed by atoms with Crippen LogP contribution in [0, 0.1) is 11.3 Å². The standard InChI is InChI=1S/C13H17Cl2N5/c1-2-3-10(9-16)19-4-6-20(7-5-19)11-8-12(14)17-18-13(11)15/h8,10H,2-7H2,1H3. The van der Waals surface area contributed by atoms with Crippen LogP contribution in [0.25, 0.3) is 0 Å². The third-order valence-corrected chi connectivity index (χ3v) is 3.96.